The number of carbonyl (C=O) groups is 1. The highest BCUT2D eigenvalue weighted by molar-refractivity contribution is 7.92. The Kier molecular flexibility index (Phi) is 9.59. The molecule has 0 radical (unpaired) electrons. The van der Waals surface area contributed by atoms with Gasteiger partial charge in [-0.15, -0.1) is 0 Å². The van der Waals surface area contributed by atoms with Gasteiger partial charge in [0.25, 0.3) is 21.6 Å². The summed E-state index contributed by atoms with van der Waals surface area (Å²) in [5.41, 5.74) is -0.0603. The molecule has 1 atom stereocenters. The van der Waals surface area contributed by atoms with E-state index >= 15 is 0 Å². The fourth-order valence-electron chi connectivity index (χ4n) is 5.19. The van der Waals surface area contributed by atoms with Gasteiger partial charge < -0.3 is 24.2 Å². The van der Waals surface area contributed by atoms with Crippen LogP contribution in [0.1, 0.15) is 33.3 Å². The minimum atomic E-state index is -4.18. The number of para-hydroxylation sites is 3. The summed E-state index contributed by atoms with van der Waals surface area (Å²) >= 11 is 0. The lowest BCUT2D eigenvalue weighted by Crippen LogP contribution is -2.62. The van der Waals surface area contributed by atoms with Gasteiger partial charge in [-0.05, 0) is 47.4 Å². The summed E-state index contributed by atoms with van der Waals surface area (Å²) in [6.45, 7) is 9.40. The first-order valence-electron chi connectivity index (χ1n) is 15.1. The van der Waals surface area contributed by atoms with Crippen molar-refractivity contribution in [3.63, 3.8) is 0 Å². The second-order valence-corrected chi connectivity index (χ2v) is 13.9. The van der Waals surface area contributed by atoms with Gasteiger partial charge in [0.15, 0.2) is 17.3 Å². The van der Waals surface area contributed by atoms with Crippen LogP contribution in [0.25, 0.3) is 0 Å². The van der Waals surface area contributed by atoms with Crippen LogP contribution in [0, 0.1) is 0 Å². The number of aliphatic carboxylic acids is 1. The van der Waals surface area contributed by atoms with E-state index in [2.05, 4.69) is 19.6 Å². The first-order chi connectivity index (χ1) is 22.3. The van der Waals surface area contributed by atoms with Crippen LogP contribution in [-0.4, -0.2) is 73.4 Å². The molecule has 0 bridgehead atoms. The molecule has 1 aromatic heterocycles. The number of hydrogen-bond donors (Lipinski definition) is 2. The van der Waals surface area contributed by atoms with Crippen LogP contribution < -0.4 is 23.8 Å². The van der Waals surface area contributed by atoms with E-state index in [1.807, 2.05) is 51.1 Å². The molecule has 3 aromatic carbocycles. The van der Waals surface area contributed by atoms with Crippen molar-refractivity contribution in [1.29, 1.82) is 0 Å². The van der Waals surface area contributed by atoms with Crippen LogP contribution in [-0.2, 0) is 20.2 Å². The third-order valence-electron chi connectivity index (χ3n) is 8.01. The molecule has 12 nitrogen and oxygen atoms in total. The van der Waals surface area contributed by atoms with E-state index in [-0.39, 0.29) is 33.5 Å². The fourth-order valence-corrected chi connectivity index (χ4v) is 6.20. The van der Waals surface area contributed by atoms with Gasteiger partial charge in [-0.2, -0.15) is 4.98 Å². The second kappa shape index (κ2) is 13.5. The van der Waals surface area contributed by atoms with Crippen LogP contribution in [0.3, 0.4) is 0 Å². The average Bonchev–Trinajstić information content (AvgIpc) is 3.06. The molecule has 13 heteroatoms. The van der Waals surface area contributed by atoms with Crippen molar-refractivity contribution in [2.75, 3.05) is 42.9 Å². The Labute approximate surface area is 275 Å². The van der Waals surface area contributed by atoms with E-state index < -0.39 is 21.7 Å². The number of methoxy groups -OCH3 is 1. The van der Waals surface area contributed by atoms with E-state index in [9.17, 15) is 18.3 Å². The molecule has 0 saturated carbocycles. The number of rotatable bonds is 11. The molecule has 0 aliphatic carbocycles. The lowest BCUT2D eigenvalue weighted by Gasteiger charge is -2.43. The Morgan fingerprint density at radius 2 is 1.47 bits per heavy atom. The van der Waals surface area contributed by atoms with Gasteiger partial charge in [-0.3, -0.25) is 9.62 Å². The van der Waals surface area contributed by atoms with Gasteiger partial charge in [0, 0.05) is 38.8 Å². The molecule has 2 heterocycles. The molecule has 1 aliphatic rings. The predicted molar refractivity (Wildman–Crippen MR) is 178 cm³/mol. The maximum Gasteiger partial charge on any atom is 0.363 e. The highest BCUT2D eigenvalue weighted by atomic mass is 32.2. The molecular formula is C34H39N5O7S. The van der Waals surface area contributed by atoms with Crippen molar-refractivity contribution in [3.05, 3.63) is 90.8 Å². The van der Waals surface area contributed by atoms with Crippen molar-refractivity contribution in [3.8, 4) is 23.1 Å². The van der Waals surface area contributed by atoms with Crippen LogP contribution in [0.4, 0.5) is 11.5 Å². The van der Waals surface area contributed by atoms with E-state index in [0.29, 0.717) is 31.9 Å². The molecule has 2 N–H and O–H groups in total. The number of ether oxygens (including phenoxy) is 3. The third kappa shape index (κ3) is 7.42. The molecule has 47 heavy (non-hydrogen) atoms. The number of sulfonamides is 1. The molecule has 1 aliphatic heterocycles. The van der Waals surface area contributed by atoms with Crippen LogP contribution in [0.5, 0.6) is 23.1 Å². The normalized spacial score (nSPS) is 15.4. The van der Waals surface area contributed by atoms with Gasteiger partial charge in [-0.25, -0.2) is 18.2 Å². The van der Waals surface area contributed by atoms with Crippen LogP contribution >= 0.6 is 0 Å². The average molecular weight is 662 g/mol. The lowest BCUT2D eigenvalue weighted by atomic mass is 9.87. The summed E-state index contributed by atoms with van der Waals surface area (Å²) < 4.78 is 47.5. The Balaban J connectivity index is 1.49. The third-order valence-corrected chi connectivity index (χ3v) is 9.37. The van der Waals surface area contributed by atoms with Gasteiger partial charge in [0.2, 0.25) is 5.75 Å². The molecule has 4 aromatic rings. The smallest absolute Gasteiger partial charge is 0.363 e. The first-order valence-corrected chi connectivity index (χ1v) is 16.6. The summed E-state index contributed by atoms with van der Waals surface area (Å²) in [6.07, 6.45) is 1.08. The van der Waals surface area contributed by atoms with Gasteiger partial charge in [-0.1, -0.05) is 63.2 Å². The maximum atomic E-state index is 13.6. The van der Waals surface area contributed by atoms with Crippen molar-refractivity contribution in [1.82, 2.24) is 14.9 Å². The highest BCUT2D eigenvalue weighted by Crippen LogP contribution is 2.41. The first kappa shape index (κ1) is 33.5. The SMILES string of the molecule is COc1ccccc1Oc1c(NS(=O)(=O)c2ccc(C(C)(C)C)cc2)ncnc1OC(C)(C(=O)O)N1CCN(c2ccccc2)CC1. The molecular weight excluding hydrogens is 622 g/mol. The zero-order valence-electron chi connectivity index (χ0n) is 27.0. The number of benzene rings is 3. The van der Waals surface area contributed by atoms with E-state index in [4.69, 9.17) is 14.2 Å². The number of nitrogens with one attached hydrogen (secondary N) is 1. The summed E-state index contributed by atoms with van der Waals surface area (Å²) in [5.74, 6) is -1.47. The number of piperazine rings is 1. The van der Waals surface area contributed by atoms with Crippen molar-refractivity contribution in [2.24, 2.45) is 0 Å². The van der Waals surface area contributed by atoms with Gasteiger partial charge in [0.1, 0.15) is 6.33 Å². The minimum Gasteiger partial charge on any atom is -0.493 e. The van der Waals surface area contributed by atoms with Crippen LogP contribution in [0.15, 0.2) is 90.1 Å². The molecule has 1 saturated heterocycles. The number of anilines is 2. The van der Waals surface area contributed by atoms with E-state index in [0.717, 1.165) is 17.6 Å². The largest absolute Gasteiger partial charge is 0.493 e. The predicted octanol–water partition coefficient (Wildman–Crippen LogP) is 5.38. The molecule has 248 valence electrons. The Hall–Kier alpha value is -4.88. The van der Waals surface area contributed by atoms with Crippen molar-refractivity contribution >= 4 is 27.5 Å². The van der Waals surface area contributed by atoms with E-state index in [1.165, 1.54) is 26.2 Å². The number of carboxylic acid groups (broad SMARTS) is 1. The summed E-state index contributed by atoms with van der Waals surface area (Å²) in [6, 6.07) is 23.1. The Morgan fingerprint density at radius 1 is 0.851 bits per heavy atom. The maximum absolute atomic E-state index is 13.6. The monoisotopic (exact) mass is 661 g/mol. The second-order valence-electron chi connectivity index (χ2n) is 12.2. The zero-order chi connectivity index (χ0) is 33.8. The van der Waals surface area contributed by atoms with Crippen LogP contribution in [0.2, 0.25) is 0 Å². The summed E-state index contributed by atoms with van der Waals surface area (Å²) in [4.78, 5) is 25.1. The van der Waals surface area contributed by atoms with Crippen molar-refractivity contribution < 1.29 is 32.5 Å². The molecule has 1 unspecified atom stereocenters. The lowest BCUT2D eigenvalue weighted by molar-refractivity contribution is -0.174. The van der Waals surface area contributed by atoms with Crippen molar-refractivity contribution in [2.45, 2.75) is 43.7 Å². The topological polar surface area (TPSA) is 143 Å². The standard InChI is InChI=1S/C34H39N5O7S/c1-33(2,3)24-15-17-26(18-16-24)47(42,43)37-30-29(45-28-14-10-9-13-27(28)44-5)31(36-23-35-30)46-34(4,32(40)41)39-21-19-38(20-22-39)25-11-7-6-8-12-25/h6-18,23H,19-22H2,1-5H3,(H,40,41)(H,35,36,37). The molecule has 0 amide bonds. The molecule has 1 fully saturated rings. The minimum absolute atomic E-state index is 0.00137. The summed E-state index contributed by atoms with van der Waals surface area (Å²) in [7, 11) is -2.71. The highest BCUT2D eigenvalue weighted by Gasteiger charge is 2.45. The Morgan fingerprint density at radius 3 is 2.06 bits per heavy atom. The van der Waals surface area contributed by atoms with Gasteiger partial charge >= 0.3 is 5.97 Å². The number of carboxylic acids is 1. The number of aromatic nitrogens is 2. The number of hydrogen-bond acceptors (Lipinski definition) is 10. The zero-order valence-corrected chi connectivity index (χ0v) is 27.8. The van der Waals surface area contributed by atoms with Gasteiger partial charge in [0.05, 0.1) is 12.0 Å². The number of nitrogens with zero attached hydrogens (tertiary/aromatic N) is 4. The molecule has 5 rings (SSSR count). The fraction of sp³-hybridized carbons (Fsp3) is 0.324. The Bertz CT molecular complexity index is 1810. The molecule has 0 spiro atoms. The quantitative estimate of drug-likeness (QED) is 0.214. The van der Waals surface area contributed by atoms with E-state index in [1.54, 1.807) is 41.3 Å². The summed E-state index contributed by atoms with van der Waals surface area (Å²) in [5, 5.41) is 10.5.